The number of carbonyl (C=O) groups excluding carboxylic acids is 2. The van der Waals surface area contributed by atoms with Gasteiger partial charge in [0.25, 0.3) is 0 Å². The Kier molecular flexibility index (Phi) is 10.9. The van der Waals surface area contributed by atoms with Crippen molar-refractivity contribution in [2.45, 2.75) is 52.6 Å². The normalized spacial score (nSPS) is 13.1. The van der Waals surface area contributed by atoms with Crippen LogP contribution < -0.4 is 31.0 Å². The molecule has 2 amide bonds. The standard InChI is InChI=1S/C24H34N4O2Se2/c1-15(2)13-17(25)23(29)27-19-9-5-7-11-21(19)31-32-22-12-8-6-10-20(22)28-24(30)18(26)14-16(3)4/h5-12,15-18H,13-14,25-26H2,1-4H3,(H,27,29)(H,28,30)/t17-,18-/m0/s1. The first-order valence-electron chi connectivity index (χ1n) is 10.8. The van der Waals surface area contributed by atoms with E-state index in [-0.39, 0.29) is 38.1 Å². The summed E-state index contributed by atoms with van der Waals surface area (Å²) < 4.78 is 2.23. The predicted octanol–water partition coefficient (Wildman–Crippen LogP) is 1.58. The van der Waals surface area contributed by atoms with Gasteiger partial charge in [0.1, 0.15) is 0 Å². The Hall–Kier alpha value is -1.66. The molecule has 6 N–H and O–H groups in total. The molecule has 32 heavy (non-hydrogen) atoms. The molecule has 0 saturated heterocycles. The first-order chi connectivity index (χ1) is 15.2. The van der Waals surface area contributed by atoms with Crippen molar-refractivity contribution in [1.29, 1.82) is 0 Å². The summed E-state index contributed by atoms with van der Waals surface area (Å²) in [5.41, 5.74) is 13.7. The third kappa shape index (κ3) is 8.70. The second-order valence-electron chi connectivity index (χ2n) is 8.61. The van der Waals surface area contributed by atoms with Crippen molar-refractivity contribution in [2.24, 2.45) is 23.3 Å². The van der Waals surface area contributed by atoms with E-state index in [2.05, 4.69) is 38.3 Å². The molecule has 0 spiro atoms. The van der Waals surface area contributed by atoms with Gasteiger partial charge in [-0.15, -0.1) is 0 Å². The van der Waals surface area contributed by atoms with Crippen molar-refractivity contribution in [2.75, 3.05) is 10.6 Å². The number of amides is 2. The van der Waals surface area contributed by atoms with Gasteiger partial charge in [0.15, 0.2) is 0 Å². The van der Waals surface area contributed by atoms with Crippen molar-refractivity contribution < 1.29 is 9.59 Å². The first-order valence-corrected chi connectivity index (χ1v) is 16.9. The summed E-state index contributed by atoms with van der Waals surface area (Å²) in [6, 6.07) is 14.7. The van der Waals surface area contributed by atoms with Gasteiger partial charge in [0.2, 0.25) is 0 Å². The third-order valence-electron chi connectivity index (χ3n) is 4.64. The van der Waals surface area contributed by atoms with Crippen LogP contribution in [0, 0.1) is 11.8 Å². The molecule has 0 saturated carbocycles. The van der Waals surface area contributed by atoms with E-state index in [1.165, 1.54) is 0 Å². The van der Waals surface area contributed by atoms with Crippen LogP contribution in [-0.2, 0) is 9.59 Å². The summed E-state index contributed by atoms with van der Waals surface area (Å²) in [6.07, 6.45) is 1.30. The zero-order chi connectivity index (χ0) is 23.7. The predicted molar refractivity (Wildman–Crippen MR) is 136 cm³/mol. The van der Waals surface area contributed by atoms with Crippen molar-refractivity contribution in [3.8, 4) is 0 Å². The Bertz CT molecular complexity index is 832. The Balaban J connectivity index is 2.07. The monoisotopic (exact) mass is 570 g/mol. The van der Waals surface area contributed by atoms with Gasteiger partial charge in [0, 0.05) is 0 Å². The fourth-order valence-corrected chi connectivity index (χ4v) is 10.00. The van der Waals surface area contributed by atoms with Gasteiger partial charge in [-0.1, -0.05) is 0 Å². The Morgan fingerprint density at radius 1 is 0.719 bits per heavy atom. The zero-order valence-corrected chi connectivity index (χ0v) is 22.6. The zero-order valence-electron chi connectivity index (χ0n) is 19.1. The number of hydrogen-bond donors (Lipinski definition) is 4. The van der Waals surface area contributed by atoms with Crippen LogP contribution >= 0.6 is 0 Å². The van der Waals surface area contributed by atoms with Crippen LogP contribution in [0.4, 0.5) is 11.4 Å². The molecule has 174 valence electrons. The van der Waals surface area contributed by atoms with Gasteiger partial charge < -0.3 is 0 Å². The molecule has 6 nitrogen and oxygen atoms in total. The molecule has 2 atom stereocenters. The molecule has 0 aliphatic carbocycles. The van der Waals surface area contributed by atoms with E-state index >= 15 is 0 Å². The van der Waals surface area contributed by atoms with Gasteiger partial charge in [-0.2, -0.15) is 0 Å². The summed E-state index contributed by atoms with van der Waals surface area (Å²) >= 11 is 0.222. The van der Waals surface area contributed by atoms with Gasteiger partial charge in [-0.3, -0.25) is 0 Å². The summed E-state index contributed by atoms with van der Waals surface area (Å²) in [5.74, 6) is 0.417. The Labute approximate surface area is 202 Å². The average molecular weight is 568 g/mol. The SMILES string of the molecule is CC(C)C[C@H](N)C(=O)Nc1ccccc1[Se][Se]c1ccccc1NC(=O)[C@@H](N)CC(C)C. The van der Waals surface area contributed by atoms with E-state index in [0.717, 1.165) is 20.3 Å². The molecule has 2 aromatic carbocycles. The van der Waals surface area contributed by atoms with Crippen LogP contribution in [0.1, 0.15) is 40.5 Å². The quantitative estimate of drug-likeness (QED) is 0.309. The molecule has 0 aromatic heterocycles. The third-order valence-corrected chi connectivity index (χ3v) is 11.9. The number of anilines is 2. The number of rotatable bonds is 11. The van der Waals surface area contributed by atoms with E-state index in [0.29, 0.717) is 24.7 Å². The molecule has 0 unspecified atom stereocenters. The number of para-hydroxylation sites is 2. The summed E-state index contributed by atoms with van der Waals surface area (Å²) in [5, 5.41) is 6.01. The van der Waals surface area contributed by atoms with Crippen molar-refractivity contribution >= 4 is 58.4 Å². The molecule has 0 bridgehead atoms. The molecule has 8 heteroatoms. The van der Waals surface area contributed by atoms with Crippen LogP contribution in [0.25, 0.3) is 0 Å². The molecule has 0 aliphatic heterocycles. The number of benzene rings is 2. The van der Waals surface area contributed by atoms with E-state index in [1.54, 1.807) is 0 Å². The van der Waals surface area contributed by atoms with E-state index in [9.17, 15) is 9.59 Å². The maximum atomic E-state index is 12.5. The van der Waals surface area contributed by atoms with Crippen molar-refractivity contribution in [3.63, 3.8) is 0 Å². The second-order valence-corrected chi connectivity index (χ2v) is 14.8. The van der Waals surface area contributed by atoms with Crippen LogP contribution in [0.15, 0.2) is 48.5 Å². The molecule has 2 aromatic rings. The van der Waals surface area contributed by atoms with E-state index in [4.69, 9.17) is 11.5 Å². The topological polar surface area (TPSA) is 110 Å². The Morgan fingerprint density at radius 2 is 1.06 bits per heavy atom. The minimum absolute atomic E-state index is 0.111. The van der Waals surface area contributed by atoms with Crippen LogP contribution in [-0.4, -0.2) is 50.2 Å². The number of nitrogens with one attached hydrogen (secondary N) is 2. The molecular weight excluding hydrogens is 534 g/mol. The summed E-state index contributed by atoms with van der Waals surface area (Å²) in [6.45, 7) is 8.22. The molecule has 0 fully saturated rings. The molecule has 0 heterocycles. The molecular formula is C24H34N4O2Se2. The molecule has 0 radical (unpaired) electrons. The summed E-state index contributed by atoms with van der Waals surface area (Å²) in [4.78, 5) is 25.0. The first kappa shape index (κ1) is 26.6. The van der Waals surface area contributed by atoms with E-state index < -0.39 is 12.1 Å². The number of nitrogens with two attached hydrogens (primary N) is 2. The van der Waals surface area contributed by atoms with Crippen molar-refractivity contribution in [1.82, 2.24) is 0 Å². The molecule has 2 rings (SSSR count). The Morgan fingerprint density at radius 3 is 1.41 bits per heavy atom. The van der Waals surface area contributed by atoms with Gasteiger partial charge in [-0.05, 0) is 0 Å². The van der Waals surface area contributed by atoms with Crippen LogP contribution in [0.3, 0.4) is 0 Å². The maximum absolute atomic E-state index is 12.5. The number of hydrogen-bond acceptors (Lipinski definition) is 4. The molecule has 0 aliphatic rings. The van der Waals surface area contributed by atoms with Crippen LogP contribution in [0.5, 0.6) is 0 Å². The summed E-state index contributed by atoms with van der Waals surface area (Å²) in [7, 11) is 0. The van der Waals surface area contributed by atoms with Gasteiger partial charge in [0.05, 0.1) is 0 Å². The fraction of sp³-hybridized carbons (Fsp3) is 0.417. The fourth-order valence-electron chi connectivity index (χ4n) is 3.06. The van der Waals surface area contributed by atoms with Crippen LogP contribution in [0.2, 0.25) is 0 Å². The second kappa shape index (κ2) is 13.1. The van der Waals surface area contributed by atoms with E-state index in [1.807, 2.05) is 48.5 Å². The number of carbonyl (C=O) groups is 2. The average Bonchev–Trinajstić information content (AvgIpc) is 2.73. The van der Waals surface area contributed by atoms with Gasteiger partial charge in [-0.25, -0.2) is 0 Å². The van der Waals surface area contributed by atoms with Crippen molar-refractivity contribution in [3.05, 3.63) is 48.5 Å². The minimum atomic E-state index is -0.521. The van der Waals surface area contributed by atoms with Gasteiger partial charge >= 0.3 is 203 Å².